The molecule has 1 fully saturated rings. The molecule has 9 nitrogen and oxygen atoms in total. The van der Waals surface area contributed by atoms with Gasteiger partial charge in [0.1, 0.15) is 23.3 Å². The van der Waals surface area contributed by atoms with Gasteiger partial charge in [0.05, 0.1) is 12.1 Å². The van der Waals surface area contributed by atoms with Crippen molar-refractivity contribution in [1.82, 2.24) is 25.3 Å². The number of hydrogen-bond acceptors (Lipinski definition) is 9. The molecular formula is C20H22N8OS. The lowest BCUT2D eigenvalue weighted by molar-refractivity contribution is -0.117. The molecule has 5 rings (SSSR count). The van der Waals surface area contributed by atoms with E-state index in [2.05, 4.69) is 25.9 Å². The van der Waals surface area contributed by atoms with E-state index in [0.29, 0.717) is 22.6 Å². The molecule has 0 spiro atoms. The van der Waals surface area contributed by atoms with Crippen molar-refractivity contribution in [2.45, 2.75) is 44.2 Å². The van der Waals surface area contributed by atoms with Gasteiger partial charge in [-0.1, -0.05) is 6.07 Å². The highest BCUT2D eigenvalue weighted by Gasteiger charge is 2.33. The van der Waals surface area contributed by atoms with Crippen molar-refractivity contribution in [3.05, 3.63) is 46.9 Å². The Hall–Kier alpha value is -3.11. The van der Waals surface area contributed by atoms with Gasteiger partial charge in [-0.2, -0.15) is 0 Å². The number of carbonyl (C=O) groups is 1. The summed E-state index contributed by atoms with van der Waals surface area (Å²) in [6.45, 7) is 0. The van der Waals surface area contributed by atoms with E-state index in [-0.39, 0.29) is 18.0 Å². The molecule has 1 aliphatic carbocycles. The summed E-state index contributed by atoms with van der Waals surface area (Å²) in [5.74, 6) is 2.54. The third kappa shape index (κ3) is 3.83. The minimum atomic E-state index is -0.289. The van der Waals surface area contributed by atoms with Gasteiger partial charge in [-0.05, 0) is 44.2 Å². The first-order valence-corrected chi connectivity index (χ1v) is 10.9. The number of fused-ring (bicyclic) bond motifs is 1. The summed E-state index contributed by atoms with van der Waals surface area (Å²) >= 11 is 1.41. The molecule has 154 valence electrons. The summed E-state index contributed by atoms with van der Waals surface area (Å²) in [5, 5.41) is 12.0. The highest BCUT2D eigenvalue weighted by molar-refractivity contribution is 7.13. The van der Waals surface area contributed by atoms with Gasteiger partial charge < -0.3 is 16.4 Å². The topological polar surface area (TPSA) is 131 Å². The second kappa shape index (κ2) is 7.96. The summed E-state index contributed by atoms with van der Waals surface area (Å²) in [5.41, 5.74) is 8.02. The Morgan fingerprint density at radius 3 is 2.97 bits per heavy atom. The molecule has 3 aromatic heterocycles. The maximum atomic E-state index is 12.5. The number of hydrogen-bond donors (Lipinski definition) is 4. The fraction of sp³-hybridized carbons (Fsp3) is 0.350. The van der Waals surface area contributed by atoms with Crippen LogP contribution in [0, 0.1) is 0 Å². The number of nitrogens with one attached hydrogen (secondary N) is 3. The first-order chi connectivity index (χ1) is 14.7. The second-order valence-electron chi connectivity index (χ2n) is 7.46. The van der Waals surface area contributed by atoms with Gasteiger partial charge in [-0.15, -0.1) is 11.3 Å². The SMILES string of the molecule is Nc1cccc(Nc2nc(C3CCC(C(=O)Nc4nccs4)N3)nc3c2CCC3)n1. The molecule has 2 aliphatic rings. The van der Waals surface area contributed by atoms with Crippen LogP contribution in [0.4, 0.5) is 22.6 Å². The zero-order valence-corrected chi connectivity index (χ0v) is 17.1. The Labute approximate surface area is 177 Å². The number of pyridine rings is 1. The lowest BCUT2D eigenvalue weighted by atomic mass is 10.1. The van der Waals surface area contributed by atoms with E-state index in [4.69, 9.17) is 15.7 Å². The van der Waals surface area contributed by atoms with Crippen molar-refractivity contribution in [2.24, 2.45) is 0 Å². The number of nitrogen functional groups attached to an aromatic ring is 1. The minimum absolute atomic E-state index is 0.0719. The molecule has 0 radical (unpaired) electrons. The summed E-state index contributed by atoms with van der Waals surface area (Å²) < 4.78 is 0. The maximum Gasteiger partial charge on any atom is 0.243 e. The molecule has 1 saturated heterocycles. The van der Waals surface area contributed by atoms with Crippen LogP contribution in [-0.2, 0) is 17.6 Å². The highest BCUT2D eigenvalue weighted by atomic mass is 32.1. The van der Waals surface area contributed by atoms with E-state index in [0.717, 1.165) is 49.2 Å². The average Bonchev–Trinajstić information content (AvgIpc) is 3.49. The molecule has 0 aromatic carbocycles. The van der Waals surface area contributed by atoms with E-state index < -0.39 is 0 Å². The highest BCUT2D eigenvalue weighted by Crippen LogP contribution is 2.32. The first kappa shape index (κ1) is 18.9. The van der Waals surface area contributed by atoms with Crippen LogP contribution in [0.5, 0.6) is 0 Å². The third-order valence-electron chi connectivity index (χ3n) is 5.40. The van der Waals surface area contributed by atoms with Crippen LogP contribution in [0.2, 0.25) is 0 Å². The molecule has 0 saturated carbocycles. The smallest absolute Gasteiger partial charge is 0.243 e. The van der Waals surface area contributed by atoms with E-state index >= 15 is 0 Å². The Bertz CT molecular complexity index is 1070. The Morgan fingerprint density at radius 1 is 1.20 bits per heavy atom. The lowest BCUT2D eigenvalue weighted by Crippen LogP contribution is -2.37. The van der Waals surface area contributed by atoms with Crippen molar-refractivity contribution in [3.63, 3.8) is 0 Å². The number of nitrogens with two attached hydrogens (primary N) is 1. The summed E-state index contributed by atoms with van der Waals surface area (Å²) in [7, 11) is 0. The van der Waals surface area contributed by atoms with E-state index in [1.807, 2.05) is 17.5 Å². The van der Waals surface area contributed by atoms with Crippen LogP contribution in [0.15, 0.2) is 29.8 Å². The summed E-state index contributed by atoms with van der Waals surface area (Å²) in [6, 6.07) is 5.11. The quantitative estimate of drug-likeness (QED) is 0.493. The second-order valence-corrected chi connectivity index (χ2v) is 8.35. The standard InChI is InChI=1S/C20H22N8OS/c21-15-5-2-6-16(25-15)26-17-11-3-1-4-12(11)24-18(27-17)13-7-8-14(23-13)19(29)28-20-22-9-10-30-20/h2,5-6,9-10,13-14,23H,1,3-4,7-8H2,(H,22,28,29)(H3,21,24,25,26,27). The maximum absolute atomic E-state index is 12.5. The van der Waals surface area contributed by atoms with Crippen LogP contribution < -0.4 is 21.7 Å². The van der Waals surface area contributed by atoms with Crippen LogP contribution in [0.25, 0.3) is 0 Å². The summed E-state index contributed by atoms with van der Waals surface area (Å²) in [6.07, 6.45) is 6.13. The van der Waals surface area contributed by atoms with Gasteiger partial charge in [0.25, 0.3) is 0 Å². The van der Waals surface area contributed by atoms with Crippen molar-refractivity contribution in [3.8, 4) is 0 Å². The fourth-order valence-electron chi connectivity index (χ4n) is 3.98. The number of aromatic nitrogens is 4. The Morgan fingerprint density at radius 2 is 2.13 bits per heavy atom. The molecule has 10 heteroatoms. The van der Waals surface area contributed by atoms with Gasteiger partial charge in [0, 0.05) is 22.8 Å². The van der Waals surface area contributed by atoms with E-state index in [9.17, 15) is 4.79 Å². The number of carbonyl (C=O) groups excluding carboxylic acids is 1. The van der Waals surface area contributed by atoms with Gasteiger partial charge in [-0.3, -0.25) is 10.1 Å². The number of nitrogens with zero attached hydrogens (tertiary/aromatic N) is 4. The predicted molar refractivity (Wildman–Crippen MR) is 116 cm³/mol. The molecule has 30 heavy (non-hydrogen) atoms. The molecule has 4 heterocycles. The van der Waals surface area contributed by atoms with Gasteiger partial charge in [0.2, 0.25) is 5.91 Å². The number of anilines is 4. The van der Waals surface area contributed by atoms with Crippen molar-refractivity contribution in [2.75, 3.05) is 16.4 Å². The number of rotatable bonds is 5. The minimum Gasteiger partial charge on any atom is -0.384 e. The normalized spacial score (nSPS) is 20.1. The first-order valence-electron chi connectivity index (χ1n) is 10.0. The van der Waals surface area contributed by atoms with Gasteiger partial charge >= 0.3 is 0 Å². The zero-order chi connectivity index (χ0) is 20.5. The molecule has 1 amide bonds. The predicted octanol–water partition coefficient (Wildman–Crippen LogP) is 2.57. The zero-order valence-electron chi connectivity index (χ0n) is 16.3. The molecule has 2 atom stereocenters. The van der Waals surface area contributed by atoms with Gasteiger partial charge in [-0.25, -0.2) is 19.9 Å². The fourth-order valence-corrected chi connectivity index (χ4v) is 4.52. The van der Waals surface area contributed by atoms with Crippen LogP contribution in [0.1, 0.15) is 42.4 Å². The van der Waals surface area contributed by atoms with Gasteiger partial charge in [0.15, 0.2) is 5.13 Å². The van der Waals surface area contributed by atoms with E-state index in [1.165, 1.54) is 11.3 Å². The molecule has 0 bridgehead atoms. The van der Waals surface area contributed by atoms with E-state index in [1.54, 1.807) is 12.3 Å². The largest absolute Gasteiger partial charge is 0.384 e. The molecular weight excluding hydrogens is 400 g/mol. The monoisotopic (exact) mass is 422 g/mol. The average molecular weight is 423 g/mol. The molecule has 3 aromatic rings. The molecule has 5 N–H and O–H groups in total. The number of aryl methyl sites for hydroxylation is 1. The summed E-state index contributed by atoms with van der Waals surface area (Å²) in [4.78, 5) is 30.6. The Kier molecular flexibility index (Phi) is 5.01. The van der Waals surface area contributed by atoms with Crippen LogP contribution in [0.3, 0.4) is 0 Å². The van der Waals surface area contributed by atoms with Crippen molar-refractivity contribution >= 4 is 39.8 Å². The molecule has 2 unspecified atom stereocenters. The third-order valence-corrected chi connectivity index (χ3v) is 6.09. The van der Waals surface area contributed by atoms with Crippen molar-refractivity contribution < 1.29 is 4.79 Å². The lowest BCUT2D eigenvalue weighted by Gasteiger charge is -2.16. The number of amides is 1. The van der Waals surface area contributed by atoms with Crippen molar-refractivity contribution in [1.29, 1.82) is 0 Å². The Balaban J connectivity index is 1.35. The number of thiazole rings is 1. The van der Waals surface area contributed by atoms with Crippen LogP contribution in [-0.4, -0.2) is 31.9 Å². The molecule has 1 aliphatic heterocycles. The van der Waals surface area contributed by atoms with Crippen LogP contribution >= 0.6 is 11.3 Å².